The summed E-state index contributed by atoms with van der Waals surface area (Å²) in [5, 5.41) is 19.0. The first-order valence-corrected chi connectivity index (χ1v) is 9.23. The van der Waals surface area contributed by atoms with Gasteiger partial charge in [-0.05, 0) is 54.5 Å². The molecule has 0 amide bonds. The predicted octanol–water partition coefficient (Wildman–Crippen LogP) is 2.15. The van der Waals surface area contributed by atoms with Gasteiger partial charge in [0.25, 0.3) is 0 Å². The van der Waals surface area contributed by atoms with E-state index in [0.717, 1.165) is 25.1 Å². The molecule has 1 aliphatic heterocycles. The van der Waals surface area contributed by atoms with Gasteiger partial charge >= 0.3 is 0 Å². The number of benzene rings is 1. The monoisotopic (exact) mass is 370 g/mol. The number of likely N-dealkylation sites (tertiary alicyclic amines) is 1. The Morgan fingerprint density at radius 3 is 2.78 bits per heavy atom. The molecule has 2 aromatic rings. The average molecular weight is 370 g/mol. The number of ether oxygens (including phenoxy) is 1. The van der Waals surface area contributed by atoms with E-state index >= 15 is 0 Å². The second-order valence-corrected chi connectivity index (χ2v) is 7.11. The summed E-state index contributed by atoms with van der Waals surface area (Å²) in [6, 6.07) is 11.1. The largest absolute Gasteiger partial charge is 0.506 e. The van der Waals surface area contributed by atoms with Crippen LogP contribution in [0, 0.1) is 11.8 Å². The third-order valence-electron chi connectivity index (χ3n) is 5.23. The van der Waals surface area contributed by atoms with Crippen molar-refractivity contribution in [2.45, 2.75) is 12.8 Å². The van der Waals surface area contributed by atoms with Gasteiger partial charge in [-0.2, -0.15) is 0 Å². The average Bonchev–Trinajstić information content (AvgIpc) is 3.08. The fourth-order valence-corrected chi connectivity index (χ4v) is 3.71. The molecule has 1 saturated heterocycles. The molecule has 2 atom stereocenters. The third kappa shape index (κ3) is 5.05. The first kappa shape index (κ1) is 19.3. The summed E-state index contributed by atoms with van der Waals surface area (Å²) in [5.41, 5.74) is 1.57. The van der Waals surface area contributed by atoms with Crippen LogP contribution in [-0.4, -0.2) is 59.2 Å². The van der Waals surface area contributed by atoms with Crippen molar-refractivity contribution in [1.82, 2.24) is 9.88 Å². The standard InChI is InChI=1S/C21H26N2O4/c1-27-19-4-2-3-15(9-19)5-6-16-11-23(12-17(16)14-24)13-21(26)20-8-7-18(25)10-22-20/h2-4,7-10,16-17,24-25H,5-6,11-14H2,1H3/t16-,17-/m1/s1. The molecule has 144 valence electrons. The van der Waals surface area contributed by atoms with E-state index in [1.807, 2.05) is 18.2 Å². The van der Waals surface area contributed by atoms with Crippen LogP contribution < -0.4 is 4.74 Å². The Morgan fingerprint density at radius 2 is 2.07 bits per heavy atom. The van der Waals surface area contributed by atoms with E-state index in [0.29, 0.717) is 18.2 Å². The number of aliphatic hydroxyl groups excluding tert-OH is 1. The first-order chi connectivity index (χ1) is 13.1. The van der Waals surface area contributed by atoms with Gasteiger partial charge in [-0.1, -0.05) is 12.1 Å². The SMILES string of the molecule is COc1cccc(CC[C@@H]2CN(CC(=O)c3ccc(O)cn3)C[C@@H]2CO)c1. The number of Topliss-reactive ketones (excluding diaryl/α,β-unsaturated/α-hetero) is 1. The molecule has 1 fully saturated rings. The number of nitrogens with zero attached hydrogens (tertiary/aromatic N) is 2. The van der Waals surface area contributed by atoms with Gasteiger partial charge in [0.05, 0.1) is 19.9 Å². The number of aromatic nitrogens is 1. The quantitative estimate of drug-likeness (QED) is 0.693. The minimum Gasteiger partial charge on any atom is -0.506 e. The molecule has 2 heterocycles. The molecule has 0 radical (unpaired) electrons. The van der Waals surface area contributed by atoms with Gasteiger partial charge in [-0.25, -0.2) is 4.98 Å². The number of pyridine rings is 1. The van der Waals surface area contributed by atoms with Crippen LogP contribution in [-0.2, 0) is 6.42 Å². The van der Waals surface area contributed by atoms with Crippen molar-refractivity contribution in [2.24, 2.45) is 11.8 Å². The highest BCUT2D eigenvalue weighted by Crippen LogP contribution is 2.28. The maximum Gasteiger partial charge on any atom is 0.195 e. The highest BCUT2D eigenvalue weighted by atomic mass is 16.5. The van der Waals surface area contributed by atoms with Gasteiger partial charge in [0.1, 0.15) is 17.2 Å². The molecule has 0 bridgehead atoms. The van der Waals surface area contributed by atoms with E-state index in [1.54, 1.807) is 7.11 Å². The number of aliphatic hydroxyl groups is 1. The summed E-state index contributed by atoms with van der Waals surface area (Å²) in [4.78, 5) is 18.5. The third-order valence-corrected chi connectivity index (χ3v) is 5.23. The number of hydrogen-bond donors (Lipinski definition) is 2. The Balaban J connectivity index is 1.56. The van der Waals surface area contributed by atoms with Gasteiger partial charge in [0, 0.05) is 19.7 Å². The molecule has 0 saturated carbocycles. The van der Waals surface area contributed by atoms with E-state index in [4.69, 9.17) is 4.74 Å². The summed E-state index contributed by atoms with van der Waals surface area (Å²) in [7, 11) is 1.66. The summed E-state index contributed by atoms with van der Waals surface area (Å²) in [5.74, 6) is 1.36. The van der Waals surface area contributed by atoms with E-state index in [2.05, 4.69) is 16.0 Å². The Hall–Kier alpha value is -2.44. The molecular weight excluding hydrogens is 344 g/mol. The highest BCUT2D eigenvalue weighted by molar-refractivity contribution is 5.95. The van der Waals surface area contributed by atoms with E-state index < -0.39 is 0 Å². The lowest BCUT2D eigenvalue weighted by Crippen LogP contribution is -2.28. The molecule has 6 heteroatoms. The zero-order valence-corrected chi connectivity index (χ0v) is 15.5. The van der Waals surface area contributed by atoms with Crippen LogP contribution in [0.5, 0.6) is 11.5 Å². The zero-order chi connectivity index (χ0) is 19.2. The number of carbonyl (C=O) groups is 1. The molecule has 0 spiro atoms. The van der Waals surface area contributed by atoms with Crippen molar-refractivity contribution in [2.75, 3.05) is 33.4 Å². The van der Waals surface area contributed by atoms with Crippen LogP contribution in [0.2, 0.25) is 0 Å². The van der Waals surface area contributed by atoms with Crippen molar-refractivity contribution in [1.29, 1.82) is 0 Å². The molecule has 1 aromatic heterocycles. The van der Waals surface area contributed by atoms with Crippen LogP contribution in [0.3, 0.4) is 0 Å². The maximum atomic E-state index is 12.4. The fourth-order valence-electron chi connectivity index (χ4n) is 3.71. The minimum absolute atomic E-state index is 0.0469. The Kier molecular flexibility index (Phi) is 6.42. The lowest BCUT2D eigenvalue weighted by atomic mass is 9.90. The van der Waals surface area contributed by atoms with E-state index in [-0.39, 0.29) is 30.6 Å². The number of methoxy groups -OCH3 is 1. The van der Waals surface area contributed by atoms with Gasteiger partial charge in [-0.15, -0.1) is 0 Å². The summed E-state index contributed by atoms with van der Waals surface area (Å²) in [6.07, 6.45) is 3.16. The van der Waals surface area contributed by atoms with Crippen LogP contribution in [0.15, 0.2) is 42.6 Å². The molecule has 0 aliphatic carbocycles. The lowest BCUT2D eigenvalue weighted by Gasteiger charge is -2.16. The van der Waals surface area contributed by atoms with Crippen LogP contribution in [0.25, 0.3) is 0 Å². The molecule has 3 rings (SSSR count). The molecule has 1 aliphatic rings. The first-order valence-electron chi connectivity index (χ1n) is 9.23. The van der Waals surface area contributed by atoms with Crippen molar-refractivity contribution < 1.29 is 19.7 Å². The number of aryl methyl sites for hydroxylation is 1. The highest BCUT2D eigenvalue weighted by Gasteiger charge is 2.33. The molecule has 1 aromatic carbocycles. The zero-order valence-electron chi connectivity index (χ0n) is 15.5. The van der Waals surface area contributed by atoms with Crippen molar-refractivity contribution in [3.05, 3.63) is 53.9 Å². The fraction of sp³-hybridized carbons (Fsp3) is 0.429. The topological polar surface area (TPSA) is 82.9 Å². The number of carbonyl (C=O) groups excluding carboxylic acids is 1. The molecular formula is C21H26N2O4. The normalized spacial score (nSPS) is 19.9. The number of hydrogen-bond acceptors (Lipinski definition) is 6. The molecule has 6 nitrogen and oxygen atoms in total. The lowest BCUT2D eigenvalue weighted by molar-refractivity contribution is 0.0935. The summed E-state index contributed by atoms with van der Waals surface area (Å²) < 4.78 is 5.27. The summed E-state index contributed by atoms with van der Waals surface area (Å²) in [6.45, 7) is 1.91. The van der Waals surface area contributed by atoms with Gasteiger partial charge in [0.15, 0.2) is 5.78 Å². The number of rotatable bonds is 8. The Labute approximate surface area is 159 Å². The number of aromatic hydroxyl groups is 1. The van der Waals surface area contributed by atoms with Gasteiger partial charge in [-0.3, -0.25) is 9.69 Å². The molecule has 2 N–H and O–H groups in total. The van der Waals surface area contributed by atoms with Gasteiger partial charge < -0.3 is 14.9 Å². The van der Waals surface area contributed by atoms with Gasteiger partial charge in [0.2, 0.25) is 0 Å². The molecule has 27 heavy (non-hydrogen) atoms. The van der Waals surface area contributed by atoms with E-state index in [9.17, 15) is 15.0 Å². The minimum atomic E-state index is -0.0693. The van der Waals surface area contributed by atoms with Crippen molar-refractivity contribution in [3.63, 3.8) is 0 Å². The maximum absolute atomic E-state index is 12.4. The number of ketones is 1. The van der Waals surface area contributed by atoms with Crippen molar-refractivity contribution in [3.8, 4) is 11.5 Å². The summed E-state index contributed by atoms with van der Waals surface area (Å²) >= 11 is 0. The van der Waals surface area contributed by atoms with E-state index in [1.165, 1.54) is 23.9 Å². The second kappa shape index (κ2) is 8.97. The van der Waals surface area contributed by atoms with Crippen molar-refractivity contribution >= 4 is 5.78 Å². The second-order valence-electron chi connectivity index (χ2n) is 7.11. The van der Waals surface area contributed by atoms with Crippen LogP contribution >= 0.6 is 0 Å². The smallest absolute Gasteiger partial charge is 0.195 e. The predicted molar refractivity (Wildman–Crippen MR) is 102 cm³/mol. The molecule has 0 unspecified atom stereocenters. The van der Waals surface area contributed by atoms with Crippen LogP contribution in [0.4, 0.5) is 0 Å². The van der Waals surface area contributed by atoms with Crippen LogP contribution in [0.1, 0.15) is 22.5 Å². The Bertz CT molecular complexity index is 763. The Morgan fingerprint density at radius 1 is 1.26 bits per heavy atom.